The molecule has 10 rings (SSSR count). The van der Waals surface area contributed by atoms with E-state index in [4.69, 9.17) is 16.5 Å². The van der Waals surface area contributed by atoms with Crippen molar-refractivity contribution in [1.29, 1.82) is 5.26 Å². The fraction of sp³-hybridized carbons (Fsp3) is 0.244. The number of allylic oxidation sites excluding steroid dienone is 2. The van der Waals surface area contributed by atoms with E-state index in [2.05, 4.69) is 97.4 Å². The Balaban J connectivity index is 1.14. The van der Waals surface area contributed by atoms with Crippen molar-refractivity contribution in [2.45, 2.75) is 56.5 Å². The van der Waals surface area contributed by atoms with Gasteiger partial charge in [0, 0.05) is 49.4 Å². The number of aromatic nitrogens is 4. The maximum atomic E-state index is 9.72. The number of nitrogens with two attached hydrogens (primary N) is 2. The molecule has 1 saturated carbocycles. The average molecular weight is 708 g/mol. The third kappa shape index (κ3) is 5.24. The summed E-state index contributed by atoms with van der Waals surface area (Å²) in [4.78, 5) is 17.7. The summed E-state index contributed by atoms with van der Waals surface area (Å²) in [6.07, 6.45) is 18.3. The number of nitrogens with one attached hydrogen (secondary N) is 1. The van der Waals surface area contributed by atoms with Gasteiger partial charge in [-0.3, -0.25) is 4.40 Å². The molecule has 2 atom stereocenters. The van der Waals surface area contributed by atoms with Gasteiger partial charge in [0.05, 0.1) is 12.1 Å². The molecule has 5 N–H and O–H groups in total. The third-order valence-corrected chi connectivity index (χ3v) is 12.1. The highest BCUT2D eigenvalue weighted by Gasteiger charge is 2.54. The monoisotopic (exact) mass is 707 g/mol. The molecule has 4 heterocycles. The fourth-order valence-electron chi connectivity index (χ4n) is 9.21. The van der Waals surface area contributed by atoms with Crippen LogP contribution < -0.4 is 21.7 Å². The Labute approximate surface area is 314 Å². The summed E-state index contributed by atoms with van der Waals surface area (Å²) in [5.41, 5.74) is 24.8. The number of nitrogen functional groups attached to an aromatic ring is 2. The molecule has 1 aliphatic heterocycles. The van der Waals surface area contributed by atoms with Gasteiger partial charge in [0.1, 0.15) is 34.2 Å². The molecule has 3 aromatic heterocycles. The lowest BCUT2D eigenvalue weighted by Gasteiger charge is -2.33. The molecule has 3 aromatic carbocycles. The normalized spacial score (nSPS) is 20.5. The molecule has 266 valence electrons. The molecular formula is C45H41N9. The van der Waals surface area contributed by atoms with E-state index in [1.54, 1.807) is 12.4 Å². The topological polar surface area (TPSA) is 134 Å². The van der Waals surface area contributed by atoms with E-state index in [-0.39, 0.29) is 11.5 Å². The van der Waals surface area contributed by atoms with Crippen molar-refractivity contribution >= 4 is 34.1 Å². The highest BCUT2D eigenvalue weighted by molar-refractivity contribution is 5.85. The number of rotatable bonds is 8. The minimum Gasteiger partial charge on any atom is -0.399 e. The lowest BCUT2D eigenvalue weighted by Crippen LogP contribution is -2.35. The highest BCUT2D eigenvalue weighted by Crippen LogP contribution is 2.61. The van der Waals surface area contributed by atoms with Crippen molar-refractivity contribution in [2.24, 2.45) is 5.41 Å². The number of pyridine rings is 1. The van der Waals surface area contributed by atoms with Gasteiger partial charge in [0.15, 0.2) is 0 Å². The van der Waals surface area contributed by atoms with Gasteiger partial charge in [-0.2, -0.15) is 5.26 Å². The van der Waals surface area contributed by atoms with Gasteiger partial charge < -0.3 is 21.7 Å². The van der Waals surface area contributed by atoms with E-state index in [0.717, 1.165) is 59.1 Å². The zero-order valence-electron chi connectivity index (χ0n) is 30.0. The van der Waals surface area contributed by atoms with Crippen LogP contribution in [0.2, 0.25) is 0 Å². The van der Waals surface area contributed by atoms with E-state index in [1.165, 1.54) is 46.3 Å². The van der Waals surface area contributed by atoms with Gasteiger partial charge in [-0.25, -0.2) is 15.0 Å². The number of fused-ring (bicyclic) bond motifs is 4. The Hall–Kier alpha value is -6.40. The minimum absolute atomic E-state index is 0.00745. The zero-order chi connectivity index (χ0) is 36.4. The number of aryl methyl sites for hydroxylation is 1. The van der Waals surface area contributed by atoms with Crippen LogP contribution in [0, 0.1) is 16.7 Å². The average Bonchev–Trinajstić information content (AvgIpc) is 3.49. The van der Waals surface area contributed by atoms with E-state index in [0.29, 0.717) is 25.1 Å². The molecule has 0 amide bonds. The van der Waals surface area contributed by atoms with Crippen molar-refractivity contribution in [3.63, 3.8) is 0 Å². The molecule has 2 fully saturated rings. The predicted molar refractivity (Wildman–Crippen MR) is 215 cm³/mol. The summed E-state index contributed by atoms with van der Waals surface area (Å²) in [7, 11) is 0. The summed E-state index contributed by atoms with van der Waals surface area (Å²) in [6, 6.07) is 29.6. The van der Waals surface area contributed by atoms with Gasteiger partial charge >= 0.3 is 0 Å². The predicted octanol–water partition coefficient (Wildman–Crippen LogP) is 8.40. The van der Waals surface area contributed by atoms with Gasteiger partial charge in [0.25, 0.3) is 0 Å². The molecule has 9 nitrogen and oxygen atoms in total. The van der Waals surface area contributed by atoms with Crippen LogP contribution in [0.5, 0.6) is 0 Å². The second-order valence-electron chi connectivity index (χ2n) is 15.4. The first kappa shape index (κ1) is 32.3. The maximum Gasteiger partial charge on any atom is 0.149 e. The molecule has 4 aliphatic rings. The van der Waals surface area contributed by atoms with Crippen molar-refractivity contribution in [3.05, 3.63) is 149 Å². The first-order valence-corrected chi connectivity index (χ1v) is 18.9. The van der Waals surface area contributed by atoms with E-state index < -0.39 is 5.54 Å². The molecule has 3 aliphatic carbocycles. The molecule has 54 heavy (non-hydrogen) atoms. The quantitative estimate of drug-likeness (QED) is 0.134. The molecule has 6 aromatic rings. The fourth-order valence-corrected chi connectivity index (χ4v) is 9.21. The Morgan fingerprint density at radius 1 is 0.926 bits per heavy atom. The number of imidazole rings is 1. The van der Waals surface area contributed by atoms with Crippen LogP contribution in [0.1, 0.15) is 71.9 Å². The second kappa shape index (κ2) is 12.3. The van der Waals surface area contributed by atoms with Gasteiger partial charge in [-0.05, 0) is 101 Å². The largest absolute Gasteiger partial charge is 0.399 e. The van der Waals surface area contributed by atoms with E-state index >= 15 is 0 Å². The summed E-state index contributed by atoms with van der Waals surface area (Å²) in [5.74, 6) is 2.14. The zero-order valence-corrected chi connectivity index (χ0v) is 30.0. The Morgan fingerprint density at radius 3 is 2.56 bits per heavy atom. The van der Waals surface area contributed by atoms with Crippen LogP contribution >= 0.6 is 0 Å². The Kier molecular flexibility index (Phi) is 7.38. The number of benzene rings is 3. The van der Waals surface area contributed by atoms with E-state index in [1.807, 2.05) is 36.5 Å². The Morgan fingerprint density at radius 2 is 1.78 bits per heavy atom. The molecule has 1 unspecified atom stereocenters. The molecular weight excluding hydrogens is 667 g/mol. The van der Waals surface area contributed by atoms with Crippen LogP contribution in [-0.2, 0) is 18.4 Å². The molecule has 0 bridgehead atoms. The maximum absolute atomic E-state index is 9.72. The number of nitrogens with zero attached hydrogens (tertiary/aromatic N) is 6. The van der Waals surface area contributed by atoms with Crippen molar-refractivity contribution in [2.75, 3.05) is 28.2 Å². The SMILES string of the molecule is N#CCCc1ccc2c(c1N1CC3(CC3)CC1c1nc([C@@]3(Nc4ccccn4)C=CC(c4ccc(N)cc4)=CC3)c3c(N)nccn13)Cc1ccccc1-2. The summed E-state index contributed by atoms with van der Waals surface area (Å²) in [6.45, 7) is 0.958. The first-order valence-electron chi connectivity index (χ1n) is 18.9. The molecule has 1 saturated heterocycles. The molecule has 1 spiro atoms. The smallest absolute Gasteiger partial charge is 0.149 e. The summed E-state index contributed by atoms with van der Waals surface area (Å²) >= 11 is 0. The number of hydrogen-bond donors (Lipinski definition) is 3. The standard InChI is InChI=1S/C45H41N9/c46-22-5-7-31-12-15-35-34-8-2-1-6-32(34)26-36(35)39(31)54-28-44(20-21-44)27-37(54)43-51-41(40-42(48)50-24-25-53(40)43)45(52-38-9-3-4-23-49-38)18-16-30(17-19-45)29-10-13-33(47)14-11-29/h1-4,6,8-18,23-25,37H,5,7,19-21,26-28,47H2,(H2,48,50)(H,49,52)/t37?,45-/m1/s1. The highest BCUT2D eigenvalue weighted by atomic mass is 15.3. The van der Waals surface area contributed by atoms with Crippen LogP contribution in [-0.4, -0.2) is 25.9 Å². The van der Waals surface area contributed by atoms with Gasteiger partial charge in [-0.15, -0.1) is 0 Å². The lowest BCUT2D eigenvalue weighted by molar-refractivity contribution is 0.538. The van der Waals surface area contributed by atoms with Crippen LogP contribution in [0.25, 0.3) is 22.2 Å². The van der Waals surface area contributed by atoms with Gasteiger partial charge in [-0.1, -0.05) is 72.8 Å². The molecule has 9 heteroatoms. The van der Waals surface area contributed by atoms with Crippen LogP contribution in [0.3, 0.4) is 0 Å². The van der Waals surface area contributed by atoms with Crippen molar-refractivity contribution in [1.82, 2.24) is 19.4 Å². The van der Waals surface area contributed by atoms with Crippen LogP contribution in [0.15, 0.2) is 116 Å². The number of anilines is 4. The Bertz CT molecular complexity index is 2540. The minimum atomic E-state index is -0.763. The first-order chi connectivity index (χ1) is 26.4. The van der Waals surface area contributed by atoms with Crippen molar-refractivity contribution in [3.8, 4) is 17.2 Å². The second-order valence-corrected chi connectivity index (χ2v) is 15.4. The molecule has 0 radical (unpaired) electrons. The number of hydrogen-bond acceptors (Lipinski definition) is 8. The van der Waals surface area contributed by atoms with Crippen molar-refractivity contribution < 1.29 is 0 Å². The lowest BCUT2D eigenvalue weighted by atomic mass is 9.83. The summed E-state index contributed by atoms with van der Waals surface area (Å²) < 4.78 is 2.19. The summed E-state index contributed by atoms with van der Waals surface area (Å²) in [5, 5.41) is 13.5. The number of nitriles is 1. The third-order valence-electron chi connectivity index (χ3n) is 12.1. The van der Waals surface area contributed by atoms with Crippen LogP contribution in [0.4, 0.5) is 23.0 Å². The van der Waals surface area contributed by atoms with E-state index in [9.17, 15) is 5.26 Å². The van der Waals surface area contributed by atoms with Gasteiger partial charge in [0.2, 0.25) is 0 Å².